The maximum Gasteiger partial charge on any atom is 0.353 e. The van der Waals surface area contributed by atoms with E-state index in [1.807, 2.05) is 0 Å². The molecule has 2 aliphatic rings. The normalized spacial score (nSPS) is 18.0. The summed E-state index contributed by atoms with van der Waals surface area (Å²) in [5.74, 6) is -4.64. The van der Waals surface area contributed by atoms with Crippen LogP contribution < -0.4 is 10.1 Å². The number of hydrogen-bond donors (Lipinski definition) is 1. The SMILES string of the molecule is COc1ccc(NC2=NC(=O)N(C)C3=NCC(c4cc(F)c(F)c(F)c4)N23)c(C)c1F. The molecule has 0 fully saturated rings. The van der Waals surface area contributed by atoms with Gasteiger partial charge < -0.3 is 10.1 Å². The third-order valence-electron chi connectivity index (χ3n) is 5.16. The first-order chi connectivity index (χ1) is 14.7. The first-order valence-corrected chi connectivity index (χ1v) is 9.17. The average molecular weight is 435 g/mol. The number of urea groups is 1. The number of methoxy groups -OCH3 is 1. The molecule has 0 aromatic heterocycles. The summed E-state index contributed by atoms with van der Waals surface area (Å²) in [6, 6.07) is 3.28. The zero-order valence-electron chi connectivity index (χ0n) is 16.7. The summed E-state index contributed by atoms with van der Waals surface area (Å²) < 4.78 is 60.5. The number of benzene rings is 2. The number of nitrogens with zero attached hydrogens (tertiary/aromatic N) is 4. The Bertz CT molecular complexity index is 1130. The number of aliphatic imine (C=N–C) groups is 2. The van der Waals surface area contributed by atoms with Crippen molar-refractivity contribution in [1.29, 1.82) is 0 Å². The topological polar surface area (TPSA) is 69.5 Å². The number of halogens is 4. The van der Waals surface area contributed by atoms with E-state index in [0.29, 0.717) is 5.69 Å². The van der Waals surface area contributed by atoms with Gasteiger partial charge in [-0.25, -0.2) is 27.3 Å². The first-order valence-electron chi connectivity index (χ1n) is 9.17. The van der Waals surface area contributed by atoms with E-state index in [1.54, 1.807) is 6.07 Å². The molecule has 0 saturated carbocycles. The summed E-state index contributed by atoms with van der Waals surface area (Å²) in [4.78, 5) is 23.2. The van der Waals surface area contributed by atoms with Crippen molar-refractivity contribution >= 4 is 23.6 Å². The molecule has 1 N–H and O–H groups in total. The van der Waals surface area contributed by atoms with Crippen LogP contribution in [0.1, 0.15) is 17.2 Å². The number of carbonyl (C=O) groups is 1. The Labute approximate surface area is 174 Å². The Balaban J connectivity index is 1.75. The van der Waals surface area contributed by atoms with Crippen LogP contribution in [0.25, 0.3) is 0 Å². The summed E-state index contributed by atoms with van der Waals surface area (Å²) >= 11 is 0. The maximum absolute atomic E-state index is 14.5. The molecule has 0 aliphatic carbocycles. The van der Waals surface area contributed by atoms with Crippen LogP contribution in [0.4, 0.5) is 28.0 Å². The minimum Gasteiger partial charge on any atom is -0.494 e. The van der Waals surface area contributed by atoms with Gasteiger partial charge in [-0.05, 0) is 36.8 Å². The fourth-order valence-corrected chi connectivity index (χ4v) is 3.46. The summed E-state index contributed by atoms with van der Waals surface area (Å²) in [7, 11) is 2.78. The third kappa shape index (κ3) is 3.35. The van der Waals surface area contributed by atoms with E-state index in [0.717, 1.165) is 12.1 Å². The number of amides is 2. The highest BCUT2D eigenvalue weighted by Gasteiger charge is 2.41. The fraction of sp³-hybridized carbons (Fsp3) is 0.250. The molecular weight excluding hydrogens is 418 g/mol. The van der Waals surface area contributed by atoms with Crippen molar-refractivity contribution in [1.82, 2.24) is 9.80 Å². The summed E-state index contributed by atoms with van der Waals surface area (Å²) in [6.45, 7) is 1.55. The van der Waals surface area contributed by atoms with Crippen molar-refractivity contribution in [2.75, 3.05) is 26.0 Å². The molecule has 2 aromatic carbocycles. The first kappa shape index (κ1) is 20.6. The van der Waals surface area contributed by atoms with Gasteiger partial charge in [0.1, 0.15) is 0 Å². The van der Waals surface area contributed by atoms with Gasteiger partial charge in [-0.2, -0.15) is 4.99 Å². The molecule has 2 amide bonds. The highest BCUT2D eigenvalue weighted by atomic mass is 19.2. The van der Waals surface area contributed by atoms with Crippen molar-refractivity contribution in [2.45, 2.75) is 13.0 Å². The molecular formula is C20H17F4N5O2. The Morgan fingerprint density at radius 2 is 1.81 bits per heavy atom. The Morgan fingerprint density at radius 3 is 2.45 bits per heavy atom. The van der Waals surface area contributed by atoms with Crippen LogP contribution in [-0.4, -0.2) is 48.5 Å². The number of fused-ring (bicyclic) bond motifs is 1. The second-order valence-corrected chi connectivity index (χ2v) is 6.98. The molecule has 0 spiro atoms. The van der Waals surface area contributed by atoms with Gasteiger partial charge in [-0.3, -0.25) is 9.80 Å². The number of ether oxygens (including phenoxy) is 1. The second-order valence-electron chi connectivity index (χ2n) is 6.98. The van der Waals surface area contributed by atoms with Gasteiger partial charge in [-0.1, -0.05) is 0 Å². The van der Waals surface area contributed by atoms with Gasteiger partial charge in [0.2, 0.25) is 11.9 Å². The highest BCUT2D eigenvalue weighted by molar-refractivity contribution is 6.17. The molecule has 2 aromatic rings. The number of hydrogen-bond acceptors (Lipinski definition) is 5. The van der Waals surface area contributed by atoms with Crippen LogP contribution >= 0.6 is 0 Å². The zero-order valence-corrected chi connectivity index (χ0v) is 16.7. The van der Waals surface area contributed by atoms with E-state index in [4.69, 9.17) is 4.74 Å². The van der Waals surface area contributed by atoms with Gasteiger partial charge in [0.05, 0.1) is 19.7 Å². The smallest absolute Gasteiger partial charge is 0.353 e. The van der Waals surface area contributed by atoms with Gasteiger partial charge in [0.15, 0.2) is 29.0 Å². The van der Waals surface area contributed by atoms with Crippen LogP contribution in [0, 0.1) is 30.2 Å². The molecule has 31 heavy (non-hydrogen) atoms. The van der Waals surface area contributed by atoms with E-state index in [9.17, 15) is 22.4 Å². The van der Waals surface area contributed by atoms with Crippen molar-refractivity contribution in [3.05, 3.63) is 58.7 Å². The molecule has 2 heterocycles. The van der Waals surface area contributed by atoms with Crippen LogP contribution in [0.2, 0.25) is 0 Å². The lowest BCUT2D eigenvalue weighted by Crippen LogP contribution is -2.53. The minimum atomic E-state index is -1.58. The van der Waals surface area contributed by atoms with Crippen LogP contribution in [0.15, 0.2) is 34.3 Å². The van der Waals surface area contributed by atoms with Crippen molar-refractivity contribution in [2.24, 2.45) is 9.98 Å². The number of anilines is 1. The molecule has 0 radical (unpaired) electrons. The molecule has 162 valence electrons. The fourth-order valence-electron chi connectivity index (χ4n) is 3.46. The Morgan fingerprint density at radius 1 is 1.13 bits per heavy atom. The lowest BCUT2D eigenvalue weighted by atomic mass is 10.1. The summed E-state index contributed by atoms with van der Waals surface area (Å²) in [6.07, 6.45) is 0. The lowest BCUT2D eigenvalue weighted by Gasteiger charge is -2.35. The van der Waals surface area contributed by atoms with Crippen LogP contribution in [0.5, 0.6) is 5.75 Å². The predicted molar refractivity (Wildman–Crippen MR) is 105 cm³/mol. The molecule has 11 heteroatoms. The monoisotopic (exact) mass is 435 g/mol. The molecule has 7 nitrogen and oxygen atoms in total. The van der Waals surface area contributed by atoms with Crippen molar-refractivity contribution in [3.8, 4) is 5.75 Å². The predicted octanol–water partition coefficient (Wildman–Crippen LogP) is 3.81. The van der Waals surface area contributed by atoms with E-state index < -0.39 is 35.3 Å². The third-order valence-corrected chi connectivity index (χ3v) is 5.16. The lowest BCUT2D eigenvalue weighted by molar-refractivity contribution is 0.230. The molecule has 0 bridgehead atoms. The molecule has 0 saturated heterocycles. The van der Waals surface area contributed by atoms with Crippen LogP contribution in [0.3, 0.4) is 0 Å². The zero-order chi connectivity index (χ0) is 22.4. The second kappa shape index (κ2) is 7.56. The van der Waals surface area contributed by atoms with E-state index in [-0.39, 0.29) is 35.3 Å². The van der Waals surface area contributed by atoms with Gasteiger partial charge >= 0.3 is 6.03 Å². The summed E-state index contributed by atoms with van der Waals surface area (Å²) in [5.41, 5.74) is 0.613. The number of nitrogens with one attached hydrogen (secondary N) is 1. The van der Waals surface area contributed by atoms with E-state index in [1.165, 1.54) is 36.9 Å². The standard InChI is InChI=1S/C20H17F4N5O2/c1-9-13(4-5-15(31-3)16(9)23)26-18-27-20(30)28(2)19-25-8-14(29(18)19)10-6-11(21)17(24)12(22)7-10/h4-7,14H,8H2,1-3H3,(H,26,27,30). The maximum atomic E-state index is 14.5. The largest absolute Gasteiger partial charge is 0.494 e. The van der Waals surface area contributed by atoms with E-state index in [2.05, 4.69) is 15.3 Å². The average Bonchev–Trinajstić information content (AvgIpc) is 3.19. The number of rotatable bonds is 3. The number of carbonyl (C=O) groups excluding carboxylic acids is 1. The van der Waals surface area contributed by atoms with Crippen molar-refractivity contribution in [3.63, 3.8) is 0 Å². The van der Waals surface area contributed by atoms with Crippen LogP contribution in [-0.2, 0) is 0 Å². The van der Waals surface area contributed by atoms with Gasteiger partial charge in [0.25, 0.3) is 0 Å². The Hall–Kier alpha value is -3.63. The van der Waals surface area contributed by atoms with Crippen molar-refractivity contribution < 1.29 is 27.1 Å². The quantitative estimate of drug-likeness (QED) is 0.588. The Kier molecular flexibility index (Phi) is 5.03. The summed E-state index contributed by atoms with van der Waals surface area (Å²) in [5, 5.41) is 2.89. The molecule has 4 rings (SSSR count). The molecule has 1 unspecified atom stereocenters. The molecule has 1 atom stereocenters. The van der Waals surface area contributed by atoms with Gasteiger partial charge in [0, 0.05) is 18.3 Å². The number of guanidine groups is 2. The van der Waals surface area contributed by atoms with E-state index >= 15 is 0 Å². The molecule has 2 aliphatic heterocycles. The minimum absolute atomic E-state index is 0.0119. The highest BCUT2D eigenvalue weighted by Crippen LogP contribution is 2.33. The van der Waals surface area contributed by atoms with Gasteiger partial charge in [-0.15, -0.1) is 0 Å².